The zero-order valence-corrected chi connectivity index (χ0v) is 12.6. The second-order valence-electron chi connectivity index (χ2n) is 4.79. The van der Waals surface area contributed by atoms with Gasteiger partial charge in [0.1, 0.15) is 5.75 Å². The van der Waals surface area contributed by atoms with Gasteiger partial charge < -0.3 is 14.8 Å². The molecule has 3 heteroatoms. The molecule has 1 aromatic rings. The Balaban J connectivity index is 2.79. The third-order valence-corrected chi connectivity index (χ3v) is 3.18. The molecule has 0 amide bonds. The zero-order chi connectivity index (χ0) is 14.1. The van der Waals surface area contributed by atoms with Crippen LogP contribution in [0, 0.1) is 0 Å². The molecule has 0 aromatic heterocycles. The first kappa shape index (κ1) is 16.0. The van der Waals surface area contributed by atoms with Crippen LogP contribution in [0.5, 0.6) is 5.75 Å². The Morgan fingerprint density at radius 1 is 1.26 bits per heavy atom. The van der Waals surface area contributed by atoms with Crippen molar-refractivity contribution in [2.45, 2.75) is 45.8 Å². The van der Waals surface area contributed by atoms with Crippen molar-refractivity contribution in [1.82, 2.24) is 5.32 Å². The highest BCUT2D eigenvalue weighted by Crippen LogP contribution is 2.23. The van der Waals surface area contributed by atoms with Crippen molar-refractivity contribution < 1.29 is 9.47 Å². The summed E-state index contributed by atoms with van der Waals surface area (Å²) in [5.41, 5.74) is 1.27. The van der Waals surface area contributed by atoms with E-state index in [1.54, 1.807) is 7.11 Å². The molecular weight excluding hydrogens is 238 g/mol. The molecule has 1 aromatic carbocycles. The van der Waals surface area contributed by atoms with Gasteiger partial charge in [-0.25, -0.2) is 0 Å². The van der Waals surface area contributed by atoms with Crippen LogP contribution in [-0.2, 0) is 4.74 Å². The predicted octanol–water partition coefficient (Wildman–Crippen LogP) is 3.55. The fraction of sp³-hybridized carbons (Fsp3) is 0.625. The molecule has 0 bridgehead atoms. The summed E-state index contributed by atoms with van der Waals surface area (Å²) in [7, 11) is 1.76. The van der Waals surface area contributed by atoms with E-state index in [1.807, 2.05) is 13.0 Å². The Hall–Kier alpha value is -1.06. The number of nitrogens with one attached hydrogen (secondary N) is 1. The van der Waals surface area contributed by atoms with Crippen LogP contribution >= 0.6 is 0 Å². The van der Waals surface area contributed by atoms with Crippen LogP contribution in [0.1, 0.15) is 45.2 Å². The number of hydrogen-bond acceptors (Lipinski definition) is 3. The molecule has 0 aliphatic carbocycles. The van der Waals surface area contributed by atoms with E-state index in [0.717, 1.165) is 25.1 Å². The lowest BCUT2D eigenvalue weighted by molar-refractivity contribution is 0.100. The van der Waals surface area contributed by atoms with Gasteiger partial charge in [-0.15, -0.1) is 0 Å². The Morgan fingerprint density at radius 2 is 2.05 bits per heavy atom. The summed E-state index contributed by atoms with van der Waals surface area (Å²) in [4.78, 5) is 0. The lowest BCUT2D eigenvalue weighted by atomic mass is 10.0. The minimum atomic E-state index is 0.241. The summed E-state index contributed by atoms with van der Waals surface area (Å²) in [6, 6.07) is 8.65. The molecule has 0 fully saturated rings. The molecule has 0 aliphatic heterocycles. The van der Waals surface area contributed by atoms with E-state index in [0.29, 0.717) is 12.6 Å². The second kappa shape index (κ2) is 8.94. The smallest absolute Gasteiger partial charge is 0.119 e. The van der Waals surface area contributed by atoms with Gasteiger partial charge in [0.15, 0.2) is 0 Å². The molecule has 19 heavy (non-hydrogen) atoms. The average Bonchev–Trinajstić information content (AvgIpc) is 2.43. The van der Waals surface area contributed by atoms with Gasteiger partial charge in [0, 0.05) is 13.2 Å². The minimum Gasteiger partial charge on any atom is -0.494 e. The maximum atomic E-state index is 5.57. The molecule has 108 valence electrons. The summed E-state index contributed by atoms with van der Waals surface area (Å²) in [6.45, 7) is 8.00. The highest BCUT2D eigenvalue weighted by molar-refractivity contribution is 5.30. The van der Waals surface area contributed by atoms with Crippen LogP contribution in [-0.4, -0.2) is 26.4 Å². The predicted molar refractivity (Wildman–Crippen MR) is 79.7 cm³/mol. The monoisotopic (exact) mass is 265 g/mol. The summed E-state index contributed by atoms with van der Waals surface area (Å²) in [5, 5.41) is 3.58. The van der Waals surface area contributed by atoms with E-state index in [-0.39, 0.29) is 6.10 Å². The van der Waals surface area contributed by atoms with Crippen LogP contribution in [0.2, 0.25) is 0 Å². The van der Waals surface area contributed by atoms with Crippen molar-refractivity contribution in [2.24, 2.45) is 0 Å². The second-order valence-corrected chi connectivity index (χ2v) is 4.79. The highest BCUT2D eigenvalue weighted by Gasteiger charge is 2.15. The van der Waals surface area contributed by atoms with Crippen LogP contribution in [0.25, 0.3) is 0 Å². The fourth-order valence-electron chi connectivity index (χ4n) is 2.07. The van der Waals surface area contributed by atoms with Gasteiger partial charge in [-0.3, -0.25) is 0 Å². The van der Waals surface area contributed by atoms with Crippen molar-refractivity contribution in [3.05, 3.63) is 29.8 Å². The molecule has 0 aliphatic rings. The van der Waals surface area contributed by atoms with Crippen molar-refractivity contribution in [3.63, 3.8) is 0 Å². The first-order valence-corrected chi connectivity index (χ1v) is 7.20. The molecule has 2 unspecified atom stereocenters. The molecule has 0 radical (unpaired) electrons. The van der Waals surface area contributed by atoms with Crippen molar-refractivity contribution in [1.29, 1.82) is 0 Å². The molecule has 0 heterocycles. The van der Waals surface area contributed by atoms with E-state index in [1.165, 1.54) is 5.56 Å². The fourth-order valence-corrected chi connectivity index (χ4v) is 2.07. The van der Waals surface area contributed by atoms with Crippen LogP contribution in [0.15, 0.2) is 24.3 Å². The lowest BCUT2D eigenvalue weighted by Crippen LogP contribution is -2.26. The number of ether oxygens (including phenoxy) is 2. The lowest BCUT2D eigenvalue weighted by Gasteiger charge is -2.22. The first-order valence-electron chi connectivity index (χ1n) is 7.20. The van der Waals surface area contributed by atoms with Gasteiger partial charge in [-0.05, 0) is 50.9 Å². The van der Waals surface area contributed by atoms with Gasteiger partial charge in [0.25, 0.3) is 0 Å². The average molecular weight is 265 g/mol. The first-order chi connectivity index (χ1) is 9.21. The third-order valence-electron chi connectivity index (χ3n) is 3.18. The molecular formula is C16H27NO2. The van der Waals surface area contributed by atoms with E-state index in [2.05, 4.69) is 37.4 Å². The van der Waals surface area contributed by atoms with Crippen molar-refractivity contribution in [2.75, 3.05) is 20.3 Å². The molecule has 3 nitrogen and oxygen atoms in total. The zero-order valence-electron chi connectivity index (χ0n) is 12.6. The Morgan fingerprint density at radius 3 is 2.68 bits per heavy atom. The summed E-state index contributed by atoms with van der Waals surface area (Å²) < 4.78 is 11.0. The summed E-state index contributed by atoms with van der Waals surface area (Å²) in [5.74, 6) is 0.938. The molecule has 0 saturated heterocycles. The molecule has 1 N–H and O–H groups in total. The van der Waals surface area contributed by atoms with Gasteiger partial charge in [0.05, 0.1) is 12.7 Å². The largest absolute Gasteiger partial charge is 0.494 e. The van der Waals surface area contributed by atoms with E-state index in [4.69, 9.17) is 9.47 Å². The number of hydrogen-bond donors (Lipinski definition) is 1. The van der Waals surface area contributed by atoms with E-state index < -0.39 is 0 Å². The Labute approximate surface area is 117 Å². The van der Waals surface area contributed by atoms with Gasteiger partial charge in [0.2, 0.25) is 0 Å². The topological polar surface area (TPSA) is 30.5 Å². The van der Waals surface area contributed by atoms with Gasteiger partial charge in [-0.1, -0.05) is 19.1 Å². The Kier molecular flexibility index (Phi) is 7.53. The molecule has 0 spiro atoms. The summed E-state index contributed by atoms with van der Waals surface area (Å²) in [6.07, 6.45) is 2.33. The Bertz CT molecular complexity index is 354. The standard InChI is InChI=1S/C16H27NO2/c1-5-10-17-16(11-13(3)18-4)14-8-7-9-15(12-14)19-6-2/h7-9,12-13,16-17H,5-6,10-11H2,1-4H3. The highest BCUT2D eigenvalue weighted by atomic mass is 16.5. The summed E-state index contributed by atoms with van der Waals surface area (Å²) >= 11 is 0. The number of benzene rings is 1. The molecule has 2 atom stereocenters. The minimum absolute atomic E-state index is 0.241. The number of methoxy groups -OCH3 is 1. The SMILES string of the molecule is CCCNC(CC(C)OC)c1cccc(OCC)c1. The van der Waals surface area contributed by atoms with Crippen LogP contribution < -0.4 is 10.1 Å². The molecule has 1 rings (SSSR count). The quantitative estimate of drug-likeness (QED) is 0.740. The van der Waals surface area contributed by atoms with Crippen molar-refractivity contribution in [3.8, 4) is 5.75 Å². The van der Waals surface area contributed by atoms with Gasteiger partial charge in [-0.2, -0.15) is 0 Å². The van der Waals surface area contributed by atoms with Gasteiger partial charge >= 0.3 is 0 Å². The van der Waals surface area contributed by atoms with Crippen LogP contribution in [0.4, 0.5) is 0 Å². The third kappa shape index (κ3) is 5.62. The number of rotatable bonds is 9. The van der Waals surface area contributed by atoms with E-state index in [9.17, 15) is 0 Å². The molecule has 0 saturated carbocycles. The normalized spacial score (nSPS) is 14.1. The van der Waals surface area contributed by atoms with Crippen molar-refractivity contribution >= 4 is 0 Å². The van der Waals surface area contributed by atoms with E-state index >= 15 is 0 Å². The maximum absolute atomic E-state index is 5.57. The maximum Gasteiger partial charge on any atom is 0.119 e. The van der Waals surface area contributed by atoms with Crippen LogP contribution in [0.3, 0.4) is 0 Å².